The summed E-state index contributed by atoms with van der Waals surface area (Å²) in [7, 11) is 1.79. The lowest BCUT2D eigenvalue weighted by Crippen LogP contribution is -2.30. The smallest absolute Gasteiger partial charge is 0.339 e. The fourth-order valence-corrected chi connectivity index (χ4v) is 2.97. The summed E-state index contributed by atoms with van der Waals surface area (Å²) >= 11 is 6.00. The summed E-state index contributed by atoms with van der Waals surface area (Å²) < 4.78 is 7.03. The van der Waals surface area contributed by atoms with Gasteiger partial charge in [0.05, 0.1) is 28.2 Å². The molecule has 2 heterocycles. The number of amides is 1. The van der Waals surface area contributed by atoms with Crippen molar-refractivity contribution in [3.63, 3.8) is 0 Å². The number of pyridine rings is 1. The number of ether oxygens (including phenoxy) is 1. The Balaban J connectivity index is 1.79. The van der Waals surface area contributed by atoms with Gasteiger partial charge in [0.1, 0.15) is 5.15 Å². The van der Waals surface area contributed by atoms with E-state index in [-0.39, 0.29) is 10.7 Å². The molecule has 2 aromatic heterocycles. The van der Waals surface area contributed by atoms with Crippen molar-refractivity contribution >= 4 is 40.1 Å². The zero-order chi connectivity index (χ0) is 19.7. The Bertz CT molecular complexity index is 1040. The van der Waals surface area contributed by atoms with Crippen molar-refractivity contribution in [2.45, 2.75) is 26.9 Å². The van der Waals surface area contributed by atoms with Crippen molar-refractivity contribution in [1.29, 1.82) is 0 Å². The molecule has 1 atom stereocenters. The second-order valence-corrected chi connectivity index (χ2v) is 6.60. The second kappa shape index (κ2) is 7.36. The van der Waals surface area contributed by atoms with Crippen LogP contribution in [0.1, 0.15) is 28.7 Å². The Morgan fingerprint density at radius 3 is 2.63 bits per heavy atom. The van der Waals surface area contributed by atoms with Gasteiger partial charge in [-0.25, -0.2) is 9.78 Å². The van der Waals surface area contributed by atoms with Gasteiger partial charge >= 0.3 is 5.97 Å². The number of nitrogens with one attached hydrogen (secondary N) is 1. The Labute approximate surface area is 161 Å². The molecule has 1 N–H and O–H groups in total. The molecule has 3 aromatic rings. The lowest BCUT2D eigenvalue weighted by Gasteiger charge is -2.14. The summed E-state index contributed by atoms with van der Waals surface area (Å²) in [6.45, 7) is 5.15. The fourth-order valence-electron chi connectivity index (χ4n) is 2.77. The molecule has 7 nitrogen and oxygen atoms in total. The van der Waals surface area contributed by atoms with Gasteiger partial charge in [-0.15, -0.1) is 0 Å². The Hall–Kier alpha value is -2.93. The van der Waals surface area contributed by atoms with Crippen LogP contribution in [-0.4, -0.2) is 32.7 Å². The number of aryl methyl sites for hydroxylation is 2. The molecule has 0 spiro atoms. The number of carbonyl (C=O) groups excluding carboxylic acids is 2. The topological polar surface area (TPSA) is 86.1 Å². The zero-order valence-corrected chi connectivity index (χ0v) is 16.2. The molecule has 27 heavy (non-hydrogen) atoms. The number of aromatic nitrogens is 3. The van der Waals surface area contributed by atoms with Crippen molar-refractivity contribution < 1.29 is 14.3 Å². The number of para-hydroxylation sites is 1. The predicted octanol–water partition coefficient (Wildman–Crippen LogP) is 3.42. The number of hydrogen-bond donors (Lipinski definition) is 1. The molecule has 8 heteroatoms. The average molecular weight is 387 g/mol. The molecule has 0 fully saturated rings. The molecule has 1 amide bonds. The van der Waals surface area contributed by atoms with Gasteiger partial charge in [-0.3, -0.25) is 9.48 Å². The van der Waals surface area contributed by atoms with Crippen LogP contribution in [0, 0.1) is 13.8 Å². The molecule has 0 aliphatic heterocycles. The number of nitrogens with zero attached hydrogens (tertiary/aromatic N) is 3. The maximum absolute atomic E-state index is 12.6. The van der Waals surface area contributed by atoms with Crippen molar-refractivity contribution in [3.8, 4) is 0 Å². The van der Waals surface area contributed by atoms with Crippen LogP contribution < -0.4 is 5.32 Å². The third kappa shape index (κ3) is 3.78. The van der Waals surface area contributed by atoms with Crippen LogP contribution in [0.2, 0.25) is 5.15 Å². The first-order valence-electron chi connectivity index (χ1n) is 8.35. The van der Waals surface area contributed by atoms with Crippen LogP contribution in [-0.2, 0) is 16.6 Å². The first kappa shape index (κ1) is 18.8. The van der Waals surface area contributed by atoms with Crippen molar-refractivity contribution in [2.75, 3.05) is 5.32 Å². The molecule has 0 saturated heterocycles. The highest BCUT2D eigenvalue weighted by molar-refractivity contribution is 6.30. The third-order valence-corrected chi connectivity index (χ3v) is 4.51. The minimum Gasteiger partial charge on any atom is -0.449 e. The molecular formula is C19H19ClN4O3. The van der Waals surface area contributed by atoms with Crippen LogP contribution in [0.5, 0.6) is 0 Å². The molecule has 0 aliphatic carbocycles. The first-order valence-corrected chi connectivity index (χ1v) is 8.73. The van der Waals surface area contributed by atoms with Crippen molar-refractivity contribution in [2.24, 2.45) is 7.05 Å². The number of halogens is 1. The monoisotopic (exact) mass is 386 g/mol. The molecule has 0 unspecified atom stereocenters. The second-order valence-electron chi connectivity index (χ2n) is 6.22. The summed E-state index contributed by atoms with van der Waals surface area (Å²) in [5.41, 5.74) is 2.96. The van der Waals surface area contributed by atoms with E-state index in [1.807, 2.05) is 6.92 Å². The summed E-state index contributed by atoms with van der Waals surface area (Å²) in [4.78, 5) is 29.3. The molecule has 0 radical (unpaired) electrons. The summed E-state index contributed by atoms with van der Waals surface area (Å²) in [6, 6.07) is 8.53. The number of fused-ring (bicyclic) bond motifs is 1. The molecule has 0 aliphatic rings. The Morgan fingerprint density at radius 1 is 1.26 bits per heavy atom. The normalized spacial score (nSPS) is 12.0. The van der Waals surface area contributed by atoms with Gasteiger partial charge in [0, 0.05) is 12.4 Å². The molecule has 3 rings (SSSR count). The first-order chi connectivity index (χ1) is 12.8. The molecule has 140 valence electrons. The van der Waals surface area contributed by atoms with Gasteiger partial charge < -0.3 is 10.1 Å². The van der Waals surface area contributed by atoms with Crippen LogP contribution in [0.4, 0.5) is 5.69 Å². The number of rotatable bonds is 4. The van der Waals surface area contributed by atoms with Gasteiger partial charge in [0.15, 0.2) is 6.10 Å². The van der Waals surface area contributed by atoms with Crippen molar-refractivity contribution in [1.82, 2.24) is 14.8 Å². The quantitative estimate of drug-likeness (QED) is 0.548. The Morgan fingerprint density at radius 2 is 1.96 bits per heavy atom. The molecule has 0 saturated carbocycles. The largest absolute Gasteiger partial charge is 0.449 e. The van der Waals surface area contributed by atoms with Gasteiger partial charge in [-0.1, -0.05) is 29.8 Å². The van der Waals surface area contributed by atoms with Gasteiger partial charge in [-0.05, 0) is 32.9 Å². The summed E-state index contributed by atoms with van der Waals surface area (Å²) in [5.74, 6) is -1.08. The van der Waals surface area contributed by atoms with E-state index in [2.05, 4.69) is 15.4 Å². The molecule has 0 bridgehead atoms. The van der Waals surface area contributed by atoms with Crippen LogP contribution in [0.3, 0.4) is 0 Å². The minimum absolute atomic E-state index is 0.180. The van der Waals surface area contributed by atoms with E-state index >= 15 is 0 Å². The molecule has 1 aromatic carbocycles. The average Bonchev–Trinajstić information content (AvgIpc) is 2.86. The van der Waals surface area contributed by atoms with E-state index in [4.69, 9.17) is 16.3 Å². The summed E-state index contributed by atoms with van der Waals surface area (Å²) in [5, 5.41) is 7.80. The highest BCUT2D eigenvalue weighted by Gasteiger charge is 2.23. The maximum Gasteiger partial charge on any atom is 0.339 e. The lowest BCUT2D eigenvalue weighted by atomic mass is 10.1. The number of benzene rings is 1. The van der Waals surface area contributed by atoms with E-state index in [1.54, 1.807) is 42.9 Å². The minimum atomic E-state index is -0.998. The Kier molecular flexibility index (Phi) is 5.14. The van der Waals surface area contributed by atoms with E-state index in [1.165, 1.54) is 13.0 Å². The molecular weight excluding hydrogens is 368 g/mol. The number of carbonyl (C=O) groups is 2. The highest BCUT2D eigenvalue weighted by Crippen LogP contribution is 2.23. The van der Waals surface area contributed by atoms with Crippen LogP contribution in [0.25, 0.3) is 10.9 Å². The SMILES string of the molecule is Cc1nn(C)c(C)c1NC(=O)[C@H](C)OC(=O)c1cc(Cl)nc2ccccc12. The summed E-state index contributed by atoms with van der Waals surface area (Å²) in [6.07, 6.45) is -0.998. The van der Waals surface area contributed by atoms with Crippen molar-refractivity contribution in [3.05, 3.63) is 52.4 Å². The zero-order valence-electron chi connectivity index (χ0n) is 15.4. The standard InChI is InChI=1S/C19H19ClN4O3/c1-10-17(11(2)24(4)23-10)22-18(25)12(3)27-19(26)14-9-16(20)21-15-8-6-5-7-13(14)15/h5-9,12H,1-4H3,(H,22,25)/t12-/m0/s1. The number of hydrogen-bond acceptors (Lipinski definition) is 5. The number of esters is 1. The number of anilines is 1. The van der Waals surface area contributed by atoms with E-state index in [9.17, 15) is 9.59 Å². The fraction of sp³-hybridized carbons (Fsp3) is 0.263. The van der Waals surface area contributed by atoms with Gasteiger partial charge in [-0.2, -0.15) is 5.10 Å². The van der Waals surface area contributed by atoms with E-state index in [0.717, 1.165) is 5.69 Å². The van der Waals surface area contributed by atoms with E-state index < -0.39 is 18.0 Å². The van der Waals surface area contributed by atoms with Crippen LogP contribution in [0.15, 0.2) is 30.3 Å². The highest BCUT2D eigenvalue weighted by atomic mass is 35.5. The predicted molar refractivity (Wildman–Crippen MR) is 103 cm³/mol. The van der Waals surface area contributed by atoms with E-state index in [0.29, 0.717) is 22.3 Å². The van der Waals surface area contributed by atoms with Gasteiger partial charge in [0.25, 0.3) is 5.91 Å². The van der Waals surface area contributed by atoms with Gasteiger partial charge in [0.2, 0.25) is 0 Å². The third-order valence-electron chi connectivity index (χ3n) is 4.32. The lowest BCUT2D eigenvalue weighted by molar-refractivity contribution is -0.123. The maximum atomic E-state index is 12.6. The van der Waals surface area contributed by atoms with Crippen LogP contribution >= 0.6 is 11.6 Å².